The summed E-state index contributed by atoms with van der Waals surface area (Å²) >= 11 is 0. The molecule has 0 fully saturated rings. The maximum absolute atomic E-state index is 11.9. The molecule has 3 aromatic heterocycles. The number of hydrogen-bond acceptors (Lipinski definition) is 6. The number of anilines is 2. The van der Waals surface area contributed by atoms with Crippen LogP contribution in [0.4, 0.5) is 11.5 Å². The molecule has 3 rings (SSSR count). The Balaban J connectivity index is 2.20. The minimum atomic E-state index is -0.448. The predicted octanol–water partition coefficient (Wildman–Crippen LogP) is 2.75. The molecule has 1 N–H and O–H groups in total. The molecule has 0 bridgehead atoms. The Labute approximate surface area is 138 Å². The minimum Gasteiger partial charge on any atom is -0.465 e. The Morgan fingerprint density at radius 3 is 2.75 bits per heavy atom. The highest BCUT2D eigenvalue weighted by Gasteiger charge is 2.20. The van der Waals surface area contributed by atoms with Crippen LogP contribution in [-0.2, 0) is 4.74 Å². The average molecular weight is 321 g/mol. The van der Waals surface area contributed by atoms with E-state index < -0.39 is 5.97 Å². The Hall–Kier alpha value is -3.40. The molecule has 3 aromatic rings. The second-order valence-corrected chi connectivity index (χ2v) is 5.34. The van der Waals surface area contributed by atoms with E-state index in [-0.39, 0.29) is 0 Å². The van der Waals surface area contributed by atoms with E-state index in [0.29, 0.717) is 33.7 Å². The summed E-state index contributed by atoms with van der Waals surface area (Å²) in [6, 6.07) is 5.86. The van der Waals surface area contributed by atoms with Crippen molar-refractivity contribution < 1.29 is 9.53 Å². The van der Waals surface area contributed by atoms with Gasteiger partial charge in [-0.2, -0.15) is 10.4 Å². The third-order valence-corrected chi connectivity index (χ3v) is 3.75. The van der Waals surface area contributed by atoms with E-state index in [0.717, 1.165) is 5.56 Å². The summed E-state index contributed by atoms with van der Waals surface area (Å²) in [5.74, 6) is 0.154. The molecule has 0 aliphatic heterocycles. The number of nitrogens with zero attached hydrogens (tertiary/aromatic N) is 4. The molecule has 0 spiro atoms. The largest absolute Gasteiger partial charge is 0.465 e. The zero-order chi connectivity index (χ0) is 17.3. The van der Waals surface area contributed by atoms with Crippen molar-refractivity contribution in [3.63, 3.8) is 0 Å². The first-order valence-corrected chi connectivity index (χ1v) is 7.24. The van der Waals surface area contributed by atoms with E-state index >= 15 is 0 Å². The van der Waals surface area contributed by atoms with Gasteiger partial charge in [0.2, 0.25) is 0 Å². The zero-order valence-electron chi connectivity index (χ0n) is 13.5. The summed E-state index contributed by atoms with van der Waals surface area (Å²) in [5.41, 5.74) is 3.67. The maximum atomic E-state index is 11.9. The molecule has 0 aromatic carbocycles. The lowest BCUT2D eigenvalue weighted by Gasteiger charge is -2.10. The second kappa shape index (κ2) is 6.01. The molecule has 0 aliphatic rings. The van der Waals surface area contributed by atoms with Crippen LogP contribution in [-0.4, -0.2) is 27.7 Å². The Morgan fingerprint density at radius 1 is 1.33 bits per heavy atom. The Bertz CT molecular complexity index is 967. The Morgan fingerprint density at radius 2 is 2.12 bits per heavy atom. The molecule has 7 heteroatoms. The number of rotatable bonds is 3. The first-order valence-electron chi connectivity index (χ1n) is 7.24. The van der Waals surface area contributed by atoms with Crippen LogP contribution in [0, 0.1) is 25.2 Å². The van der Waals surface area contributed by atoms with Crippen molar-refractivity contribution >= 4 is 23.0 Å². The first-order chi connectivity index (χ1) is 11.5. The number of aryl methyl sites for hydroxylation is 2. The fraction of sp³-hybridized carbons (Fsp3) is 0.176. The highest BCUT2D eigenvalue weighted by Crippen LogP contribution is 2.29. The third-order valence-electron chi connectivity index (χ3n) is 3.75. The van der Waals surface area contributed by atoms with Crippen LogP contribution < -0.4 is 5.32 Å². The number of esters is 1. The lowest BCUT2D eigenvalue weighted by molar-refractivity contribution is 0.0600. The third kappa shape index (κ3) is 2.54. The average Bonchev–Trinajstić information content (AvgIpc) is 2.93. The number of hydrogen-bond donors (Lipinski definition) is 1. The standard InChI is InChI=1S/C17H15N5O2/c1-10-4-5-14(19-7-10)21-15-12(6-18)8-20-22-9-13(17(23)24-3)11(2)16(15)22/h4-5,7-9H,1-3H3,(H,19,21). The fourth-order valence-corrected chi connectivity index (χ4v) is 2.49. The zero-order valence-corrected chi connectivity index (χ0v) is 13.5. The fourth-order valence-electron chi connectivity index (χ4n) is 2.49. The van der Waals surface area contributed by atoms with Crippen molar-refractivity contribution in [1.29, 1.82) is 5.26 Å². The molecule has 7 nitrogen and oxygen atoms in total. The monoisotopic (exact) mass is 321 g/mol. The van der Waals surface area contributed by atoms with Crippen molar-refractivity contribution in [2.75, 3.05) is 12.4 Å². The van der Waals surface area contributed by atoms with Crippen LogP contribution in [0.2, 0.25) is 0 Å². The second-order valence-electron chi connectivity index (χ2n) is 5.34. The summed E-state index contributed by atoms with van der Waals surface area (Å²) in [4.78, 5) is 16.2. The van der Waals surface area contributed by atoms with Gasteiger partial charge in [0.05, 0.1) is 35.6 Å². The summed E-state index contributed by atoms with van der Waals surface area (Å²) in [5, 5.41) is 16.8. The van der Waals surface area contributed by atoms with Crippen molar-refractivity contribution in [3.8, 4) is 6.07 Å². The molecule has 0 radical (unpaired) electrons. The first kappa shape index (κ1) is 15.5. The van der Waals surface area contributed by atoms with Gasteiger partial charge in [-0.1, -0.05) is 6.07 Å². The number of methoxy groups -OCH3 is 1. The van der Waals surface area contributed by atoms with Gasteiger partial charge in [0.15, 0.2) is 0 Å². The molecule has 0 aliphatic carbocycles. The van der Waals surface area contributed by atoms with Crippen LogP contribution in [0.5, 0.6) is 0 Å². The van der Waals surface area contributed by atoms with E-state index in [1.54, 1.807) is 23.8 Å². The molecular weight excluding hydrogens is 306 g/mol. The van der Waals surface area contributed by atoms with Crippen LogP contribution in [0.15, 0.2) is 30.7 Å². The van der Waals surface area contributed by atoms with Gasteiger partial charge in [-0.3, -0.25) is 0 Å². The van der Waals surface area contributed by atoms with E-state index in [2.05, 4.69) is 21.5 Å². The number of nitriles is 1. The van der Waals surface area contributed by atoms with Gasteiger partial charge >= 0.3 is 5.97 Å². The van der Waals surface area contributed by atoms with Crippen LogP contribution in [0.1, 0.15) is 27.0 Å². The quantitative estimate of drug-likeness (QED) is 0.746. The molecule has 3 heterocycles. The van der Waals surface area contributed by atoms with Gasteiger partial charge in [-0.05, 0) is 31.0 Å². The highest BCUT2D eigenvalue weighted by molar-refractivity contribution is 5.96. The summed E-state index contributed by atoms with van der Waals surface area (Å²) in [6.45, 7) is 3.74. The number of nitrogens with one attached hydrogen (secondary N) is 1. The van der Waals surface area contributed by atoms with Gasteiger partial charge in [0, 0.05) is 12.4 Å². The van der Waals surface area contributed by atoms with Gasteiger partial charge in [-0.15, -0.1) is 0 Å². The molecule has 0 saturated heterocycles. The van der Waals surface area contributed by atoms with E-state index in [1.165, 1.54) is 13.3 Å². The van der Waals surface area contributed by atoms with E-state index in [4.69, 9.17) is 4.74 Å². The smallest absolute Gasteiger partial charge is 0.339 e. The lowest BCUT2D eigenvalue weighted by atomic mass is 10.1. The summed E-state index contributed by atoms with van der Waals surface area (Å²) in [6.07, 6.45) is 4.77. The van der Waals surface area contributed by atoms with Crippen molar-refractivity contribution in [2.45, 2.75) is 13.8 Å². The predicted molar refractivity (Wildman–Crippen MR) is 88.2 cm³/mol. The molecule has 0 atom stereocenters. The number of carbonyl (C=O) groups is 1. The van der Waals surface area contributed by atoms with E-state index in [1.807, 2.05) is 19.1 Å². The van der Waals surface area contributed by atoms with Crippen molar-refractivity contribution in [3.05, 3.63) is 53.0 Å². The van der Waals surface area contributed by atoms with Crippen LogP contribution in [0.3, 0.4) is 0 Å². The van der Waals surface area contributed by atoms with Gasteiger partial charge in [0.1, 0.15) is 11.9 Å². The SMILES string of the molecule is COC(=O)c1cn2ncc(C#N)c(Nc3ccc(C)cn3)c2c1C. The molecule has 0 saturated carbocycles. The highest BCUT2D eigenvalue weighted by atomic mass is 16.5. The molecule has 0 unspecified atom stereocenters. The minimum absolute atomic E-state index is 0.363. The Kier molecular flexibility index (Phi) is 3.88. The van der Waals surface area contributed by atoms with Crippen molar-refractivity contribution in [1.82, 2.24) is 14.6 Å². The maximum Gasteiger partial charge on any atom is 0.339 e. The summed E-state index contributed by atoms with van der Waals surface area (Å²) in [7, 11) is 1.33. The number of aromatic nitrogens is 3. The van der Waals surface area contributed by atoms with Gasteiger partial charge < -0.3 is 10.1 Å². The molecule has 120 valence electrons. The number of ether oxygens (including phenoxy) is 1. The molecular formula is C17H15N5O2. The van der Waals surface area contributed by atoms with Crippen LogP contribution in [0.25, 0.3) is 5.52 Å². The summed E-state index contributed by atoms with van der Waals surface area (Å²) < 4.78 is 6.35. The topological polar surface area (TPSA) is 92.3 Å². The lowest BCUT2D eigenvalue weighted by Crippen LogP contribution is -2.02. The number of pyridine rings is 1. The number of fused-ring (bicyclic) bond motifs is 1. The van der Waals surface area contributed by atoms with Crippen LogP contribution >= 0.6 is 0 Å². The molecule has 0 amide bonds. The van der Waals surface area contributed by atoms with Crippen molar-refractivity contribution in [2.24, 2.45) is 0 Å². The normalized spacial score (nSPS) is 10.4. The van der Waals surface area contributed by atoms with Gasteiger partial charge in [0.25, 0.3) is 0 Å². The van der Waals surface area contributed by atoms with Gasteiger partial charge in [-0.25, -0.2) is 14.3 Å². The van der Waals surface area contributed by atoms with E-state index in [9.17, 15) is 10.1 Å². The number of carbonyl (C=O) groups excluding carboxylic acids is 1. The molecule has 24 heavy (non-hydrogen) atoms.